The summed E-state index contributed by atoms with van der Waals surface area (Å²) in [4.78, 5) is 11.5. The van der Waals surface area contributed by atoms with E-state index in [-0.39, 0.29) is 12.6 Å². The molecule has 0 aliphatic heterocycles. The van der Waals surface area contributed by atoms with Crippen LogP contribution >= 0.6 is 11.6 Å². The average Bonchev–Trinajstić information content (AvgIpc) is 2.54. The molecule has 0 saturated heterocycles. The second kappa shape index (κ2) is 7.48. The van der Waals surface area contributed by atoms with Crippen LogP contribution in [0.1, 0.15) is 21.5 Å². The summed E-state index contributed by atoms with van der Waals surface area (Å²) in [5, 5.41) is 9.12. The van der Waals surface area contributed by atoms with E-state index in [1.54, 1.807) is 36.4 Å². The number of halogens is 1. The quantitative estimate of drug-likeness (QED) is 0.788. The zero-order valence-corrected chi connectivity index (χ0v) is 12.8. The van der Waals surface area contributed by atoms with Gasteiger partial charge in [0, 0.05) is 0 Å². The maximum Gasteiger partial charge on any atom is 0.337 e. The topological polar surface area (TPSA) is 59.3 Å². The van der Waals surface area contributed by atoms with Gasteiger partial charge in [-0.3, -0.25) is 0 Å². The number of ether oxygens (including phenoxy) is 2. The van der Waals surface area contributed by atoms with E-state index in [0.29, 0.717) is 22.8 Å². The lowest BCUT2D eigenvalue weighted by Crippen LogP contribution is -2.03. The molecule has 5 heteroatoms. The third-order valence-electron chi connectivity index (χ3n) is 3.02. The Kier molecular flexibility index (Phi) is 5.40. The Hall–Kier alpha value is -2.51. The summed E-state index contributed by atoms with van der Waals surface area (Å²) in [5.41, 5.74) is 2.15. The van der Waals surface area contributed by atoms with E-state index in [4.69, 9.17) is 21.6 Å². The number of hydrogen-bond acceptors (Lipinski definition) is 4. The number of hydrogen-bond donors (Lipinski definition) is 0. The van der Waals surface area contributed by atoms with Gasteiger partial charge in [0.25, 0.3) is 0 Å². The van der Waals surface area contributed by atoms with E-state index in [2.05, 4.69) is 10.8 Å². The Balaban J connectivity index is 2.07. The molecule has 0 aromatic heterocycles. The summed E-state index contributed by atoms with van der Waals surface area (Å²) in [7, 11) is 1.34. The molecule has 2 aromatic rings. The number of esters is 1. The van der Waals surface area contributed by atoms with Gasteiger partial charge in [-0.1, -0.05) is 29.8 Å². The Morgan fingerprint density at radius 2 is 2.05 bits per heavy atom. The van der Waals surface area contributed by atoms with Gasteiger partial charge in [-0.25, -0.2) is 4.79 Å². The summed E-state index contributed by atoms with van der Waals surface area (Å²) in [6, 6.07) is 14.3. The van der Waals surface area contributed by atoms with Crippen molar-refractivity contribution >= 4 is 17.6 Å². The molecule has 0 atom stereocenters. The van der Waals surface area contributed by atoms with Crippen LogP contribution in [0, 0.1) is 11.3 Å². The number of carbonyl (C=O) groups excluding carboxylic acids is 1. The lowest BCUT2D eigenvalue weighted by atomic mass is 10.1. The number of benzene rings is 2. The maximum absolute atomic E-state index is 11.5. The summed E-state index contributed by atoms with van der Waals surface area (Å²) >= 11 is 6.13. The van der Waals surface area contributed by atoms with Gasteiger partial charge in [-0.2, -0.15) is 5.26 Å². The monoisotopic (exact) mass is 315 g/mol. The van der Waals surface area contributed by atoms with Crippen molar-refractivity contribution in [2.24, 2.45) is 0 Å². The molecule has 0 heterocycles. The zero-order chi connectivity index (χ0) is 15.9. The molecule has 0 spiro atoms. The standard InChI is InChI=1S/C17H14ClNO3/c1-21-17(20)14-4-2-3-13(9-14)11-22-16-6-5-12(7-8-19)10-15(16)18/h2-6,9-10H,7,11H2,1H3. The van der Waals surface area contributed by atoms with Crippen molar-refractivity contribution < 1.29 is 14.3 Å². The molecule has 0 unspecified atom stereocenters. The smallest absolute Gasteiger partial charge is 0.337 e. The second-order valence-electron chi connectivity index (χ2n) is 4.58. The molecule has 22 heavy (non-hydrogen) atoms. The van der Waals surface area contributed by atoms with Crippen LogP contribution in [0.2, 0.25) is 5.02 Å². The minimum atomic E-state index is -0.388. The summed E-state index contributed by atoms with van der Waals surface area (Å²) in [6.07, 6.45) is 0.307. The van der Waals surface area contributed by atoms with Gasteiger partial charge in [0.2, 0.25) is 0 Å². The highest BCUT2D eigenvalue weighted by Crippen LogP contribution is 2.26. The van der Waals surface area contributed by atoms with Crippen molar-refractivity contribution in [3.8, 4) is 11.8 Å². The first kappa shape index (κ1) is 15.9. The van der Waals surface area contributed by atoms with Crippen molar-refractivity contribution in [3.63, 3.8) is 0 Å². The molecule has 112 valence electrons. The van der Waals surface area contributed by atoms with Gasteiger partial charge in [0.1, 0.15) is 12.4 Å². The lowest BCUT2D eigenvalue weighted by molar-refractivity contribution is 0.0600. The molecule has 0 N–H and O–H groups in total. The average molecular weight is 316 g/mol. The molecule has 0 fully saturated rings. The fraction of sp³-hybridized carbons (Fsp3) is 0.176. The fourth-order valence-electron chi connectivity index (χ4n) is 1.93. The molecule has 2 rings (SSSR count). The molecule has 2 aromatic carbocycles. The van der Waals surface area contributed by atoms with Crippen molar-refractivity contribution in [3.05, 3.63) is 64.2 Å². The number of nitriles is 1. The van der Waals surface area contributed by atoms with E-state index in [0.717, 1.165) is 11.1 Å². The van der Waals surface area contributed by atoms with Gasteiger partial charge in [-0.05, 0) is 35.4 Å². The van der Waals surface area contributed by atoms with Crippen LogP contribution in [0.3, 0.4) is 0 Å². The van der Waals surface area contributed by atoms with E-state index in [9.17, 15) is 4.79 Å². The largest absolute Gasteiger partial charge is 0.487 e. The molecule has 0 bridgehead atoms. The van der Waals surface area contributed by atoms with Gasteiger partial charge >= 0.3 is 5.97 Å². The molecule has 0 aliphatic carbocycles. The first-order valence-electron chi connectivity index (χ1n) is 6.59. The molecule has 0 saturated carbocycles. The van der Waals surface area contributed by atoms with Crippen molar-refractivity contribution in [1.29, 1.82) is 5.26 Å². The van der Waals surface area contributed by atoms with Crippen LogP contribution in [-0.4, -0.2) is 13.1 Å². The third kappa shape index (κ3) is 4.00. The van der Waals surface area contributed by atoms with Crippen LogP contribution in [0.5, 0.6) is 5.75 Å². The molecule has 0 amide bonds. The van der Waals surface area contributed by atoms with Crippen molar-refractivity contribution in [2.75, 3.05) is 7.11 Å². The molecule has 0 radical (unpaired) electrons. The van der Waals surface area contributed by atoms with Crippen LogP contribution in [0.15, 0.2) is 42.5 Å². The minimum Gasteiger partial charge on any atom is -0.487 e. The van der Waals surface area contributed by atoms with Crippen molar-refractivity contribution in [2.45, 2.75) is 13.0 Å². The third-order valence-corrected chi connectivity index (χ3v) is 3.32. The summed E-state index contributed by atoms with van der Waals surface area (Å²) < 4.78 is 10.3. The van der Waals surface area contributed by atoms with E-state index in [1.165, 1.54) is 7.11 Å². The molecular weight excluding hydrogens is 302 g/mol. The van der Waals surface area contributed by atoms with Crippen molar-refractivity contribution in [1.82, 2.24) is 0 Å². The number of methoxy groups -OCH3 is 1. The maximum atomic E-state index is 11.5. The highest BCUT2D eigenvalue weighted by molar-refractivity contribution is 6.32. The van der Waals surface area contributed by atoms with Crippen LogP contribution < -0.4 is 4.74 Å². The van der Waals surface area contributed by atoms with Gasteiger partial charge in [0.05, 0.1) is 30.2 Å². The number of rotatable bonds is 5. The number of carbonyl (C=O) groups is 1. The van der Waals surface area contributed by atoms with Gasteiger partial charge in [0.15, 0.2) is 0 Å². The molecule has 0 aliphatic rings. The van der Waals surface area contributed by atoms with Gasteiger partial charge in [-0.15, -0.1) is 0 Å². The highest BCUT2D eigenvalue weighted by atomic mass is 35.5. The lowest BCUT2D eigenvalue weighted by Gasteiger charge is -2.09. The van der Waals surface area contributed by atoms with E-state index < -0.39 is 0 Å². The van der Waals surface area contributed by atoms with Crippen LogP contribution in [0.4, 0.5) is 0 Å². The normalized spacial score (nSPS) is 9.86. The Morgan fingerprint density at radius 3 is 2.73 bits per heavy atom. The Morgan fingerprint density at radius 1 is 1.23 bits per heavy atom. The molecule has 4 nitrogen and oxygen atoms in total. The van der Waals surface area contributed by atoms with Crippen LogP contribution in [-0.2, 0) is 17.8 Å². The molecular formula is C17H14ClNO3. The second-order valence-corrected chi connectivity index (χ2v) is 4.99. The van der Waals surface area contributed by atoms with E-state index >= 15 is 0 Å². The zero-order valence-electron chi connectivity index (χ0n) is 12.0. The number of nitrogens with zero attached hydrogens (tertiary/aromatic N) is 1. The van der Waals surface area contributed by atoms with E-state index in [1.807, 2.05) is 6.07 Å². The SMILES string of the molecule is COC(=O)c1cccc(COc2ccc(CC#N)cc2Cl)c1. The Labute approximate surface area is 133 Å². The predicted molar refractivity (Wildman–Crippen MR) is 82.9 cm³/mol. The minimum absolute atomic E-state index is 0.280. The first-order chi connectivity index (χ1) is 10.6. The fourth-order valence-corrected chi connectivity index (χ4v) is 2.19. The van der Waals surface area contributed by atoms with Crippen LogP contribution in [0.25, 0.3) is 0 Å². The summed E-state index contributed by atoms with van der Waals surface area (Å²) in [6.45, 7) is 0.280. The Bertz CT molecular complexity index is 722. The highest BCUT2D eigenvalue weighted by Gasteiger charge is 2.07. The predicted octanol–water partition coefficient (Wildman–Crippen LogP) is 3.77. The van der Waals surface area contributed by atoms with Gasteiger partial charge < -0.3 is 9.47 Å². The first-order valence-corrected chi connectivity index (χ1v) is 6.97. The summed E-state index contributed by atoms with van der Waals surface area (Å²) in [5.74, 6) is 0.146.